The molecule has 11 heavy (non-hydrogen) atoms. The second-order valence-electron chi connectivity index (χ2n) is 2.03. The number of allylic oxidation sites excluding steroid dienone is 4. The molecule has 0 aliphatic rings. The molecule has 0 rings (SSSR count). The number of hydrogen-bond donors (Lipinski definition) is 0. The Hall–Kier alpha value is -0.960. The number of hydrogen-bond acceptors (Lipinski definition) is 0. The maximum absolute atomic E-state index is 4.00. The Morgan fingerprint density at radius 2 is 1.82 bits per heavy atom. The zero-order valence-corrected chi connectivity index (χ0v) is 7.80. The van der Waals surface area contributed by atoms with E-state index in [9.17, 15) is 0 Å². The number of terminal acetylenes is 1. The second-order valence-corrected chi connectivity index (χ2v) is 2.03. The molecule has 0 N–H and O–H groups in total. The van der Waals surface area contributed by atoms with Gasteiger partial charge in [-0.25, -0.2) is 0 Å². The molecule has 0 fully saturated rings. The third-order valence-corrected chi connectivity index (χ3v) is 1.35. The van der Waals surface area contributed by atoms with Crippen molar-refractivity contribution < 1.29 is 0 Å². The lowest BCUT2D eigenvalue weighted by Crippen LogP contribution is -1.70. The molecule has 0 heteroatoms. The smallest absolute Gasteiger partial charge is 0.0311 e. The minimum absolute atomic E-state index is 1.14. The predicted molar refractivity (Wildman–Crippen MR) is 53.4 cm³/mol. The summed E-state index contributed by atoms with van der Waals surface area (Å²) in [4.78, 5) is 0. The van der Waals surface area contributed by atoms with E-state index in [2.05, 4.69) is 51.8 Å². The van der Waals surface area contributed by atoms with Gasteiger partial charge in [0.25, 0.3) is 0 Å². The van der Waals surface area contributed by atoms with Crippen molar-refractivity contribution in [2.24, 2.45) is 0 Å². The molecule has 0 heterocycles. The lowest BCUT2D eigenvalue weighted by molar-refractivity contribution is 1.13. The molecule has 0 aliphatic heterocycles. The highest BCUT2D eigenvalue weighted by Crippen LogP contribution is 2.01. The van der Waals surface area contributed by atoms with Crippen molar-refractivity contribution in [3.63, 3.8) is 0 Å². The fourth-order valence-electron chi connectivity index (χ4n) is 0.687. The van der Waals surface area contributed by atoms with Crippen molar-refractivity contribution in [1.82, 2.24) is 0 Å². The molecule has 62 valence electrons. The summed E-state index contributed by atoms with van der Waals surface area (Å²) in [6.07, 6.45) is 16.8. The fourth-order valence-corrected chi connectivity index (χ4v) is 0.687. The van der Waals surface area contributed by atoms with E-state index >= 15 is 0 Å². The second kappa shape index (κ2) is 11.8. The largest absolute Gasteiger partial charge is 0.124 e. The van der Waals surface area contributed by atoms with Crippen LogP contribution in [0.4, 0.5) is 0 Å². The first-order chi connectivity index (χ1) is 5.35. The maximum atomic E-state index is 4.00. The summed E-state index contributed by atoms with van der Waals surface area (Å²) in [6, 6.07) is 0. The van der Waals surface area contributed by atoms with Gasteiger partial charge in [-0.05, 0) is 19.8 Å². The van der Waals surface area contributed by atoms with Gasteiger partial charge in [-0.3, -0.25) is 0 Å². The third-order valence-electron chi connectivity index (χ3n) is 1.35. The third kappa shape index (κ3) is 9.04. The highest BCUT2D eigenvalue weighted by molar-refractivity contribution is 5.16. The fraction of sp³-hybridized carbons (Fsp3) is 0.455. The van der Waals surface area contributed by atoms with Crippen molar-refractivity contribution >= 4 is 0 Å². The van der Waals surface area contributed by atoms with Gasteiger partial charge in [-0.1, -0.05) is 37.6 Å². The Morgan fingerprint density at radius 3 is 2.09 bits per heavy atom. The first-order valence-electron chi connectivity index (χ1n) is 4.00. The summed E-state index contributed by atoms with van der Waals surface area (Å²) in [5.41, 5.74) is 1.43. The van der Waals surface area contributed by atoms with Crippen LogP contribution in [-0.2, 0) is 0 Å². The topological polar surface area (TPSA) is 0 Å². The van der Waals surface area contributed by atoms with Crippen molar-refractivity contribution in [3.8, 4) is 12.8 Å². The quantitative estimate of drug-likeness (QED) is 0.426. The van der Waals surface area contributed by atoms with E-state index in [4.69, 9.17) is 0 Å². The van der Waals surface area contributed by atoms with Crippen molar-refractivity contribution in [2.45, 2.75) is 33.6 Å². The van der Waals surface area contributed by atoms with E-state index in [-0.39, 0.29) is 0 Å². The van der Waals surface area contributed by atoms with E-state index in [1.807, 2.05) is 0 Å². The van der Waals surface area contributed by atoms with Crippen LogP contribution in [0.5, 0.6) is 0 Å². The van der Waals surface area contributed by atoms with Gasteiger partial charge in [0.05, 0.1) is 0 Å². The molecular weight excluding hydrogens is 132 g/mol. The Balaban J connectivity index is 0. The molecule has 0 aromatic carbocycles. The molecule has 0 bridgehead atoms. The summed E-state index contributed by atoms with van der Waals surface area (Å²) in [5, 5.41) is 0. The van der Waals surface area contributed by atoms with Crippen LogP contribution in [0.15, 0.2) is 23.8 Å². The normalized spacial score (nSPS) is 10.8. The van der Waals surface area contributed by atoms with Crippen LogP contribution in [0, 0.1) is 12.8 Å². The zero-order valence-electron chi connectivity index (χ0n) is 7.80. The van der Waals surface area contributed by atoms with Crippen LogP contribution >= 0.6 is 0 Å². The molecule has 0 amide bonds. The van der Waals surface area contributed by atoms with Crippen LogP contribution < -0.4 is 0 Å². The predicted octanol–water partition coefficient (Wildman–Crippen LogP) is 3.56. The Morgan fingerprint density at radius 1 is 1.27 bits per heavy atom. The van der Waals surface area contributed by atoms with Gasteiger partial charge in [0.2, 0.25) is 0 Å². The molecule has 0 spiro atoms. The maximum Gasteiger partial charge on any atom is -0.0311 e. The highest BCUT2D eigenvalue weighted by atomic mass is 13.9. The lowest BCUT2D eigenvalue weighted by Gasteiger charge is -1.91. The highest BCUT2D eigenvalue weighted by Gasteiger charge is 1.80. The average molecular weight is 150 g/mol. The van der Waals surface area contributed by atoms with Crippen LogP contribution in [-0.4, -0.2) is 0 Å². The minimum Gasteiger partial charge on any atom is -0.124 e. The molecule has 0 aromatic rings. The lowest BCUT2D eigenvalue weighted by atomic mass is 10.2. The van der Waals surface area contributed by atoms with E-state index in [0.717, 1.165) is 12.8 Å². The van der Waals surface area contributed by atoms with E-state index in [1.165, 1.54) is 5.57 Å². The monoisotopic (exact) mass is 150 g/mol. The molecule has 0 atom stereocenters. The zero-order chi connectivity index (χ0) is 9.11. The van der Waals surface area contributed by atoms with Gasteiger partial charge in [-0.15, -0.1) is 12.8 Å². The summed E-state index contributed by atoms with van der Waals surface area (Å²) >= 11 is 0. The molecule has 0 nitrogen and oxygen atoms in total. The first-order valence-corrected chi connectivity index (χ1v) is 4.00. The van der Waals surface area contributed by atoms with Gasteiger partial charge in [0, 0.05) is 0 Å². The van der Waals surface area contributed by atoms with Gasteiger partial charge < -0.3 is 0 Å². The molecule has 0 aliphatic carbocycles. The van der Waals surface area contributed by atoms with Crippen molar-refractivity contribution in [1.29, 1.82) is 0 Å². The van der Waals surface area contributed by atoms with Gasteiger partial charge in [-0.2, -0.15) is 0 Å². The Bertz CT molecular complexity index is 135. The SMILES string of the molecule is C#C.C/C=C(\C=C/CC)CC. The van der Waals surface area contributed by atoms with Gasteiger partial charge in [0.1, 0.15) is 0 Å². The molecule has 0 radical (unpaired) electrons. The summed E-state index contributed by atoms with van der Waals surface area (Å²) in [5.74, 6) is 0. The number of rotatable bonds is 3. The van der Waals surface area contributed by atoms with Gasteiger partial charge >= 0.3 is 0 Å². The molecule has 0 aromatic heterocycles. The van der Waals surface area contributed by atoms with Gasteiger partial charge in [0.15, 0.2) is 0 Å². The van der Waals surface area contributed by atoms with E-state index < -0.39 is 0 Å². The molecule has 0 saturated carbocycles. The van der Waals surface area contributed by atoms with Crippen LogP contribution in [0.25, 0.3) is 0 Å². The van der Waals surface area contributed by atoms with Crippen molar-refractivity contribution in [2.75, 3.05) is 0 Å². The van der Waals surface area contributed by atoms with E-state index in [1.54, 1.807) is 0 Å². The Kier molecular flexibility index (Phi) is 13.6. The van der Waals surface area contributed by atoms with Crippen LogP contribution in [0.3, 0.4) is 0 Å². The minimum atomic E-state index is 1.14. The first kappa shape index (κ1) is 12.7. The summed E-state index contributed by atoms with van der Waals surface area (Å²) in [7, 11) is 0. The van der Waals surface area contributed by atoms with Crippen molar-refractivity contribution in [3.05, 3.63) is 23.8 Å². The molecule has 0 unspecified atom stereocenters. The standard InChI is InChI=1S/C9H16.C2H2/c1-4-7-8-9(5-2)6-3;1-2/h5,7-8H,4,6H2,1-3H3;1-2H/b8-7-,9-5-;. The average Bonchev–Trinajstić information content (AvgIpc) is 2.10. The summed E-state index contributed by atoms with van der Waals surface area (Å²) < 4.78 is 0. The van der Waals surface area contributed by atoms with Crippen LogP contribution in [0.1, 0.15) is 33.6 Å². The molecular formula is C11H18. The summed E-state index contributed by atoms with van der Waals surface area (Å²) in [6.45, 7) is 6.41. The van der Waals surface area contributed by atoms with Crippen LogP contribution in [0.2, 0.25) is 0 Å². The van der Waals surface area contributed by atoms with E-state index in [0.29, 0.717) is 0 Å². The molecule has 0 saturated heterocycles. The Labute approximate surface area is 71.0 Å².